The maximum Gasteiger partial charge on any atom is 0.119 e. The molecule has 104 valence electrons. The smallest absolute Gasteiger partial charge is 0.119 e. The Hall–Kier alpha value is -1.52. The summed E-state index contributed by atoms with van der Waals surface area (Å²) in [5.74, 6) is 0.922. The van der Waals surface area contributed by atoms with Crippen LogP contribution in [-0.2, 0) is 19.5 Å². The first kappa shape index (κ1) is 15.5. The summed E-state index contributed by atoms with van der Waals surface area (Å²) < 4.78 is 7.34. The van der Waals surface area contributed by atoms with E-state index in [0.717, 1.165) is 24.3 Å². The average Bonchev–Trinajstić information content (AvgIpc) is 2.86. The van der Waals surface area contributed by atoms with Gasteiger partial charge in [0, 0.05) is 24.8 Å². The van der Waals surface area contributed by atoms with E-state index < -0.39 is 0 Å². The van der Waals surface area contributed by atoms with Gasteiger partial charge in [0.1, 0.15) is 5.75 Å². The van der Waals surface area contributed by atoms with Crippen LogP contribution >= 0.6 is 12.4 Å². The summed E-state index contributed by atoms with van der Waals surface area (Å²) in [6.07, 6.45) is 4.77. The standard InChI is InChI=1S/C14H19N3O.ClH/c1-2-18-14-5-3-12(4-6-14)7-8-17-11-13(9-15)10-16-17;/h3-6,10-11H,2,7-9,15H2,1H3;1H. The van der Waals surface area contributed by atoms with Crippen molar-refractivity contribution in [2.24, 2.45) is 5.73 Å². The molecule has 0 amide bonds. The lowest BCUT2D eigenvalue weighted by Gasteiger charge is -2.05. The first-order valence-electron chi connectivity index (χ1n) is 6.25. The predicted molar refractivity (Wildman–Crippen MR) is 78.7 cm³/mol. The van der Waals surface area contributed by atoms with Gasteiger partial charge in [-0.3, -0.25) is 4.68 Å². The van der Waals surface area contributed by atoms with Crippen molar-refractivity contribution >= 4 is 12.4 Å². The fourth-order valence-electron chi connectivity index (χ4n) is 1.80. The van der Waals surface area contributed by atoms with Gasteiger partial charge >= 0.3 is 0 Å². The highest BCUT2D eigenvalue weighted by atomic mass is 35.5. The lowest BCUT2D eigenvalue weighted by molar-refractivity contribution is 0.340. The van der Waals surface area contributed by atoms with Crippen LogP contribution in [0.5, 0.6) is 5.75 Å². The fourth-order valence-corrected chi connectivity index (χ4v) is 1.80. The Balaban J connectivity index is 0.00000180. The van der Waals surface area contributed by atoms with Crippen LogP contribution in [-0.4, -0.2) is 16.4 Å². The minimum absolute atomic E-state index is 0. The Morgan fingerprint density at radius 1 is 1.21 bits per heavy atom. The normalized spacial score (nSPS) is 10.0. The van der Waals surface area contributed by atoms with Crippen molar-refractivity contribution in [2.45, 2.75) is 26.4 Å². The van der Waals surface area contributed by atoms with Gasteiger partial charge < -0.3 is 10.5 Å². The molecule has 1 aromatic heterocycles. The summed E-state index contributed by atoms with van der Waals surface area (Å²) in [4.78, 5) is 0. The molecule has 0 radical (unpaired) electrons. The molecule has 1 heterocycles. The molecule has 0 unspecified atom stereocenters. The molecule has 0 aliphatic rings. The van der Waals surface area contributed by atoms with Crippen molar-refractivity contribution in [3.05, 3.63) is 47.8 Å². The summed E-state index contributed by atoms with van der Waals surface area (Å²) >= 11 is 0. The van der Waals surface area contributed by atoms with E-state index in [1.54, 1.807) is 0 Å². The highest BCUT2D eigenvalue weighted by molar-refractivity contribution is 5.85. The molecule has 0 bridgehead atoms. The third kappa shape index (κ3) is 4.58. The minimum Gasteiger partial charge on any atom is -0.494 e. The number of aryl methyl sites for hydroxylation is 2. The van der Waals surface area contributed by atoms with Gasteiger partial charge in [-0.05, 0) is 31.0 Å². The molecule has 5 heteroatoms. The van der Waals surface area contributed by atoms with Gasteiger partial charge in [0.25, 0.3) is 0 Å². The molecule has 0 fully saturated rings. The maximum atomic E-state index is 5.55. The van der Waals surface area contributed by atoms with Crippen LogP contribution in [0.2, 0.25) is 0 Å². The first-order valence-corrected chi connectivity index (χ1v) is 6.25. The van der Waals surface area contributed by atoms with Crippen LogP contribution in [0.15, 0.2) is 36.7 Å². The largest absolute Gasteiger partial charge is 0.494 e. The fraction of sp³-hybridized carbons (Fsp3) is 0.357. The highest BCUT2D eigenvalue weighted by Crippen LogP contribution is 2.12. The Kier molecular flexibility index (Phi) is 6.39. The Labute approximate surface area is 120 Å². The van der Waals surface area contributed by atoms with Crippen LogP contribution in [0.4, 0.5) is 0 Å². The van der Waals surface area contributed by atoms with Crippen LogP contribution in [0.3, 0.4) is 0 Å². The maximum absolute atomic E-state index is 5.55. The SMILES string of the molecule is CCOc1ccc(CCn2cc(CN)cn2)cc1.Cl. The zero-order chi connectivity index (χ0) is 12.8. The predicted octanol–water partition coefficient (Wildman–Crippen LogP) is 2.41. The Morgan fingerprint density at radius 3 is 2.53 bits per heavy atom. The topological polar surface area (TPSA) is 53.1 Å². The first-order chi connectivity index (χ1) is 8.81. The van der Waals surface area contributed by atoms with Gasteiger partial charge in [-0.2, -0.15) is 5.10 Å². The van der Waals surface area contributed by atoms with Gasteiger partial charge in [-0.15, -0.1) is 12.4 Å². The lowest BCUT2D eigenvalue weighted by Crippen LogP contribution is -2.02. The van der Waals surface area contributed by atoms with Crippen molar-refractivity contribution in [1.29, 1.82) is 0 Å². The van der Waals surface area contributed by atoms with E-state index in [4.69, 9.17) is 10.5 Å². The van der Waals surface area contributed by atoms with E-state index >= 15 is 0 Å². The van der Waals surface area contributed by atoms with Gasteiger partial charge in [-0.1, -0.05) is 12.1 Å². The van der Waals surface area contributed by atoms with E-state index in [2.05, 4.69) is 17.2 Å². The number of hydrogen-bond donors (Lipinski definition) is 1. The summed E-state index contributed by atoms with van der Waals surface area (Å²) in [7, 11) is 0. The van der Waals surface area contributed by atoms with Crippen LogP contribution in [0.25, 0.3) is 0 Å². The highest BCUT2D eigenvalue weighted by Gasteiger charge is 1.99. The molecule has 19 heavy (non-hydrogen) atoms. The number of rotatable bonds is 6. The van der Waals surface area contributed by atoms with Gasteiger partial charge in [0.2, 0.25) is 0 Å². The Morgan fingerprint density at radius 2 is 1.95 bits per heavy atom. The zero-order valence-electron chi connectivity index (χ0n) is 11.1. The van der Waals surface area contributed by atoms with E-state index in [9.17, 15) is 0 Å². The molecule has 1 aromatic carbocycles. The summed E-state index contributed by atoms with van der Waals surface area (Å²) in [5, 5.41) is 4.26. The number of ether oxygens (including phenoxy) is 1. The Bertz CT molecular complexity index is 482. The minimum atomic E-state index is 0. The second-order valence-corrected chi connectivity index (χ2v) is 4.14. The molecular formula is C14H20ClN3O. The number of aromatic nitrogens is 2. The van der Waals surface area contributed by atoms with E-state index in [-0.39, 0.29) is 12.4 Å². The summed E-state index contributed by atoms with van der Waals surface area (Å²) in [6.45, 7) is 4.10. The number of benzene rings is 1. The number of nitrogens with two attached hydrogens (primary N) is 1. The third-order valence-electron chi connectivity index (χ3n) is 2.79. The second-order valence-electron chi connectivity index (χ2n) is 4.14. The van der Waals surface area contributed by atoms with E-state index in [1.165, 1.54) is 5.56 Å². The number of halogens is 1. The zero-order valence-corrected chi connectivity index (χ0v) is 11.9. The van der Waals surface area contributed by atoms with Crippen molar-refractivity contribution in [3.63, 3.8) is 0 Å². The molecule has 2 N–H and O–H groups in total. The van der Waals surface area contributed by atoms with Crippen molar-refractivity contribution in [2.75, 3.05) is 6.61 Å². The van der Waals surface area contributed by atoms with Crippen molar-refractivity contribution < 1.29 is 4.74 Å². The molecule has 2 rings (SSSR count). The van der Waals surface area contributed by atoms with Crippen molar-refractivity contribution in [3.8, 4) is 5.75 Å². The second kappa shape index (κ2) is 7.81. The molecule has 0 aliphatic heterocycles. The van der Waals surface area contributed by atoms with Gasteiger partial charge in [0.05, 0.1) is 12.8 Å². The number of nitrogens with zero attached hydrogens (tertiary/aromatic N) is 2. The molecule has 0 spiro atoms. The van der Waals surface area contributed by atoms with E-state index in [1.807, 2.05) is 36.1 Å². The monoisotopic (exact) mass is 281 g/mol. The van der Waals surface area contributed by atoms with Gasteiger partial charge in [-0.25, -0.2) is 0 Å². The van der Waals surface area contributed by atoms with Crippen LogP contribution in [0, 0.1) is 0 Å². The quantitative estimate of drug-likeness (QED) is 0.885. The van der Waals surface area contributed by atoms with E-state index in [0.29, 0.717) is 13.2 Å². The van der Waals surface area contributed by atoms with Gasteiger partial charge in [0.15, 0.2) is 0 Å². The molecule has 0 saturated heterocycles. The lowest BCUT2D eigenvalue weighted by atomic mass is 10.1. The molecular weight excluding hydrogens is 262 g/mol. The third-order valence-corrected chi connectivity index (χ3v) is 2.79. The summed E-state index contributed by atoms with van der Waals surface area (Å²) in [5.41, 5.74) is 7.90. The molecule has 4 nitrogen and oxygen atoms in total. The van der Waals surface area contributed by atoms with Crippen molar-refractivity contribution in [1.82, 2.24) is 9.78 Å². The van der Waals surface area contributed by atoms with Crippen LogP contribution in [0.1, 0.15) is 18.1 Å². The molecule has 2 aromatic rings. The summed E-state index contributed by atoms with van der Waals surface area (Å²) in [6, 6.07) is 8.21. The molecule has 0 saturated carbocycles. The van der Waals surface area contributed by atoms with Crippen LogP contribution < -0.4 is 10.5 Å². The average molecular weight is 282 g/mol. The molecule has 0 aliphatic carbocycles. The molecule has 0 atom stereocenters. The number of hydrogen-bond acceptors (Lipinski definition) is 3.